The number of hydrogen-bond acceptors (Lipinski definition) is 6. The first kappa shape index (κ1) is 21.8. The third kappa shape index (κ3) is 4.63. The number of imidazole rings is 1. The third-order valence-corrected chi connectivity index (χ3v) is 5.11. The number of rotatable bonds is 10. The second kappa shape index (κ2) is 9.73. The molecular weight excluding hydrogens is 384 g/mol. The normalized spacial score (nSPS) is 12.4. The molecule has 0 aliphatic heterocycles. The van der Waals surface area contributed by atoms with Crippen LogP contribution in [0.5, 0.6) is 0 Å². The van der Waals surface area contributed by atoms with Crippen molar-refractivity contribution in [2.75, 3.05) is 18.4 Å². The van der Waals surface area contributed by atoms with Gasteiger partial charge in [0.15, 0.2) is 11.2 Å². The lowest BCUT2D eigenvalue weighted by molar-refractivity contribution is 0.153. The summed E-state index contributed by atoms with van der Waals surface area (Å²) in [5.41, 5.74) is 0.895. The number of aromatic nitrogens is 4. The van der Waals surface area contributed by atoms with E-state index in [1.807, 2.05) is 30.3 Å². The van der Waals surface area contributed by atoms with Gasteiger partial charge in [-0.2, -0.15) is 4.98 Å². The van der Waals surface area contributed by atoms with Crippen LogP contribution in [0.4, 0.5) is 5.95 Å². The van der Waals surface area contributed by atoms with E-state index in [0.717, 1.165) is 23.0 Å². The average Bonchev–Trinajstić information content (AvgIpc) is 3.10. The highest BCUT2D eigenvalue weighted by molar-refractivity contribution is 5.74. The van der Waals surface area contributed by atoms with E-state index in [0.29, 0.717) is 36.7 Å². The molecular formula is C21H30N6O3. The quantitative estimate of drug-likeness (QED) is 0.424. The molecule has 2 aromatic heterocycles. The average molecular weight is 415 g/mol. The smallest absolute Gasteiger partial charge is 0.332 e. The third-order valence-electron chi connectivity index (χ3n) is 5.11. The molecule has 3 rings (SSSR count). The molecule has 30 heavy (non-hydrogen) atoms. The Hall–Kier alpha value is -2.91. The zero-order valence-electron chi connectivity index (χ0n) is 17.8. The molecule has 3 aromatic rings. The number of nitrogens with one attached hydrogen (secondary N) is 2. The SMILES string of the molecule is CCCCNc1nc2c(c(=O)n(C)c(=O)n2C)n1CC(O)CNCc1ccccc1. The highest BCUT2D eigenvalue weighted by Crippen LogP contribution is 2.16. The van der Waals surface area contributed by atoms with Crippen LogP contribution < -0.4 is 21.9 Å². The van der Waals surface area contributed by atoms with Crippen LogP contribution in [0.2, 0.25) is 0 Å². The lowest BCUT2D eigenvalue weighted by atomic mass is 10.2. The van der Waals surface area contributed by atoms with E-state index in [9.17, 15) is 14.7 Å². The summed E-state index contributed by atoms with van der Waals surface area (Å²) >= 11 is 0. The van der Waals surface area contributed by atoms with Gasteiger partial charge in [0.1, 0.15) is 0 Å². The molecule has 1 unspecified atom stereocenters. The molecule has 1 atom stereocenters. The molecule has 0 aliphatic carbocycles. The number of anilines is 1. The fourth-order valence-electron chi connectivity index (χ4n) is 3.39. The van der Waals surface area contributed by atoms with Crippen LogP contribution in [-0.2, 0) is 27.2 Å². The zero-order valence-corrected chi connectivity index (χ0v) is 17.8. The van der Waals surface area contributed by atoms with Gasteiger partial charge in [-0.3, -0.25) is 13.9 Å². The van der Waals surface area contributed by atoms with Gasteiger partial charge in [-0.25, -0.2) is 4.79 Å². The van der Waals surface area contributed by atoms with E-state index in [1.165, 1.54) is 11.6 Å². The van der Waals surface area contributed by atoms with Crippen molar-refractivity contribution in [1.82, 2.24) is 24.0 Å². The molecule has 2 heterocycles. The second-order valence-electron chi connectivity index (χ2n) is 7.47. The predicted octanol–water partition coefficient (Wildman–Crippen LogP) is 0.796. The van der Waals surface area contributed by atoms with Crippen molar-refractivity contribution in [3.63, 3.8) is 0 Å². The molecule has 9 nitrogen and oxygen atoms in total. The Bertz CT molecular complexity index is 1100. The van der Waals surface area contributed by atoms with E-state index in [1.54, 1.807) is 11.6 Å². The lowest BCUT2D eigenvalue weighted by Crippen LogP contribution is -2.38. The first-order valence-corrected chi connectivity index (χ1v) is 10.3. The van der Waals surface area contributed by atoms with Gasteiger partial charge < -0.3 is 20.3 Å². The number of aliphatic hydroxyl groups is 1. The maximum absolute atomic E-state index is 12.8. The molecule has 1 aromatic carbocycles. The Kier molecular flexibility index (Phi) is 7.07. The summed E-state index contributed by atoms with van der Waals surface area (Å²) in [4.78, 5) is 29.6. The molecule has 0 amide bonds. The molecule has 0 saturated carbocycles. The van der Waals surface area contributed by atoms with Gasteiger partial charge in [-0.1, -0.05) is 43.7 Å². The van der Waals surface area contributed by atoms with Crippen LogP contribution in [-0.4, -0.2) is 43.0 Å². The lowest BCUT2D eigenvalue weighted by Gasteiger charge is -2.16. The van der Waals surface area contributed by atoms with E-state index in [2.05, 4.69) is 22.5 Å². The van der Waals surface area contributed by atoms with Crippen LogP contribution in [0.3, 0.4) is 0 Å². The monoisotopic (exact) mass is 414 g/mol. The number of benzene rings is 1. The Morgan fingerprint density at radius 2 is 1.87 bits per heavy atom. The van der Waals surface area contributed by atoms with Crippen LogP contribution in [0.15, 0.2) is 39.9 Å². The summed E-state index contributed by atoms with van der Waals surface area (Å²) in [6, 6.07) is 9.94. The minimum absolute atomic E-state index is 0.181. The summed E-state index contributed by atoms with van der Waals surface area (Å²) in [6.45, 7) is 3.96. The van der Waals surface area contributed by atoms with E-state index < -0.39 is 17.4 Å². The highest BCUT2D eigenvalue weighted by atomic mass is 16.3. The molecule has 0 fully saturated rings. The Morgan fingerprint density at radius 3 is 2.57 bits per heavy atom. The van der Waals surface area contributed by atoms with Gasteiger partial charge in [0.05, 0.1) is 12.6 Å². The summed E-state index contributed by atoms with van der Waals surface area (Å²) in [6.07, 6.45) is 1.22. The van der Waals surface area contributed by atoms with Crippen molar-refractivity contribution in [2.45, 2.75) is 39.0 Å². The minimum atomic E-state index is -0.736. The zero-order chi connectivity index (χ0) is 21.7. The van der Waals surface area contributed by atoms with Crippen LogP contribution in [0.1, 0.15) is 25.3 Å². The number of aliphatic hydroxyl groups excluding tert-OH is 1. The topological polar surface area (TPSA) is 106 Å². The van der Waals surface area contributed by atoms with Crippen molar-refractivity contribution in [3.8, 4) is 0 Å². The number of hydrogen-bond donors (Lipinski definition) is 3. The van der Waals surface area contributed by atoms with Crippen molar-refractivity contribution in [2.24, 2.45) is 14.1 Å². The van der Waals surface area contributed by atoms with Gasteiger partial charge >= 0.3 is 5.69 Å². The predicted molar refractivity (Wildman–Crippen MR) is 118 cm³/mol. The molecule has 0 saturated heterocycles. The first-order valence-electron chi connectivity index (χ1n) is 10.3. The number of nitrogens with zero attached hydrogens (tertiary/aromatic N) is 4. The number of fused-ring (bicyclic) bond motifs is 1. The van der Waals surface area contributed by atoms with Crippen LogP contribution in [0, 0.1) is 0 Å². The number of unbranched alkanes of at least 4 members (excludes halogenated alkanes) is 1. The Labute approximate surface area is 175 Å². The highest BCUT2D eigenvalue weighted by Gasteiger charge is 2.20. The standard InChI is InChI=1S/C21H30N6O3/c1-4-5-11-23-20-24-18-17(19(29)26(3)21(30)25(18)2)27(20)14-16(28)13-22-12-15-9-7-6-8-10-15/h6-10,16,22,28H,4-5,11-14H2,1-3H3,(H,23,24). The molecule has 162 valence electrons. The summed E-state index contributed by atoms with van der Waals surface area (Å²) < 4.78 is 4.11. The Balaban J connectivity index is 1.85. The van der Waals surface area contributed by atoms with E-state index >= 15 is 0 Å². The second-order valence-corrected chi connectivity index (χ2v) is 7.47. The molecule has 0 radical (unpaired) electrons. The molecule has 9 heteroatoms. The minimum Gasteiger partial charge on any atom is -0.390 e. The van der Waals surface area contributed by atoms with Gasteiger partial charge in [-0.15, -0.1) is 0 Å². The largest absolute Gasteiger partial charge is 0.390 e. The number of aryl methyl sites for hydroxylation is 1. The molecule has 0 aliphatic rings. The van der Waals surface area contributed by atoms with Gasteiger partial charge in [0.2, 0.25) is 5.95 Å². The van der Waals surface area contributed by atoms with Gasteiger partial charge in [0.25, 0.3) is 5.56 Å². The van der Waals surface area contributed by atoms with Crippen LogP contribution in [0.25, 0.3) is 11.2 Å². The van der Waals surface area contributed by atoms with E-state index in [4.69, 9.17) is 0 Å². The fraction of sp³-hybridized carbons (Fsp3) is 0.476. The molecule has 0 spiro atoms. The maximum Gasteiger partial charge on any atom is 0.332 e. The first-order chi connectivity index (χ1) is 14.4. The van der Waals surface area contributed by atoms with Crippen molar-refractivity contribution >= 4 is 17.1 Å². The summed E-state index contributed by atoms with van der Waals surface area (Å²) in [7, 11) is 3.04. The van der Waals surface area contributed by atoms with Crippen LogP contribution >= 0.6 is 0 Å². The van der Waals surface area contributed by atoms with Crippen molar-refractivity contribution in [1.29, 1.82) is 0 Å². The Morgan fingerprint density at radius 1 is 1.13 bits per heavy atom. The molecule has 3 N–H and O–H groups in total. The van der Waals surface area contributed by atoms with Crippen molar-refractivity contribution < 1.29 is 5.11 Å². The van der Waals surface area contributed by atoms with Gasteiger partial charge in [-0.05, 0) is 12.0 Å². The summed E-state index contributed by atoms with van der Waals surface area (Å²) in [5, 5.41) is 17.1. The molecule has 0 bridgehead atoms. The maximum atomic E-state index is 12.8. The van der Waals surface area contributed by atoms with E-state index in [-0.39, 0.29) is 6.54 Å². The summed E-state index contributed by atoms with van der Waals surface area (Å²) in [5.74, 6) is 0.485. The fourth-order valence-corrected chi connectivity index (χ4v) is 3.39. The van der Waals surface area contributed by atoms with Crippen molar-refractivity contribution in [3.05, 3.63) is 56.7 Å². The van der Waals surface area contributed by atoms with Gasteiger partial charge in [0, 0.05) is 33.7 Å².